The minimum atomic E-state index is -0.696. The van der Waals surface area contributed by atoms with E-state index in [0.717, 1.165) is 20.9 Å². The number of amides is 2. The van der Waals surface area contributed by atoms with Crippen molar-refractivity contribution < 1.29 is 9.59 Å². The molecule has 0 aliphatic rings. The highest BCUT2D eigenvalue weighted by Crippen LogP contribution is 2.33. The molecule has 0 saturated carbocycles. The summed E-state index contributed by atoms with van der Waals surface area (Å²) in [4.78, 5) is 26.7. The Bertz CT molecular complexity index is 951. The zero-order valence-electron chi connectivity index (χ0n) is 15.2. The van der Waals surface area contributed by atoms with Gasteiger partial charge in [0.1, 0.15) is 0 Å². The fourth-order valence-electron chi connectivity index (χ4n) is 2.64. The van der Waals surface area contributed by atoms with Crippen molar-refractivity contribution in [2.24, 2.45) is 0 Å². The zero-order chi connectivity index (χ0) is 19.2. The van der Waals surface area contributed by atoms with Gasteiger partial charge < -0.3 is 10.6 Å². The summed E-state index contributed by atoms with van der Waals surface area (Å²) in [7, 11) is 0. The number of carbonyl (C=O) groups excluding carboxylic acids is 2. The summed E-state index contributed by atoms with van der Waals surface area (Å²) in [5, 5.41) is 5.43. The molecule has 0 spiro atoms. The molecule has 0 saturated heterocycles. The summed E-state index contributed by atoms with van der Waals surface area (Å²) in [5.41, 5.74) is 3.10. The average molecular weight is 376 g/mol. The van der Waals surface area contributed by atoms with Crippen molar-refractivity contribution in [2.45, 2.75) is 23.6 Å². The molecule has 0 aromatic heterocycles. The highest BCUT2D eigenvalue weighted by molar-refractivity contribution is 7.99. The van der Waals surface area contributed by atoms with Crippen LogP contribution in [0.4, 0.5) is 11.4 Å². The van der Waals surface area contributed by atoms with E-state index in [-0.39, 0.29) is 0 Å². The molecule has 5 heteroatoms. The molecule has 0 atom stereocenters. The number of hydrogen-bond acceptors (Lipinski definition) is 3. The van der Waals surface area contributed by atoms with Crippen LogP contribution in [-0.2, 0) is 9.59 Å². The quantitative estimate of drug-likeness (QED) is 0.628. The first kappa shape index (κ1) is 18.7. The minimum Gasteiger partial charge on any atom is -0.317 e. The number of hydrogen-bond donors (Lipinski definition) is 2. The molecular weight excluding hydrogens is 356 g/mol. The standard InChI is InChI=1S/C22H20N2O2S/c1-15-9-8-10-16(2)20(15)24-22(26)21(25)23-18-13-6-7-14-19(18)27-17-11-4-3-5-12-17/h3-14H,1-2H3,(H,23,25)(H,24,26). The predicted octanol–water partition coefficient (Wildman–Crippen LogP) is 5.03. The molecule has 0 fully saturated rings. The van der Waals surface area contributed by atoms with Gasteiger partial charge in [-0.05, 0) is 49.2 Å². The van der Waals surface area contributed by atoms with Crippen molar-refractivity contribution in [2.75, 3.05) is 10.6 Å². The smallest absolute Gasteiger partial charge is 0.314 e. The first-order valence-corrected chi connectivity index (χ1v) is 9.37. The molecule has 136 valence electrons. The summed E-state index contributed by atoms with van der Waals surface area (Å²) in [6, 6.07) is 23.0. The van der Waals surface area contributed by atoms with E-state index in [9.17, 15) is 9.59 Å². The molecule has 2 N–H and O–H groups in total. The number of benzene rings is 3. The summed E-state index contributed by atoms with van der Waals surface area (Å²) >= 11 is 1.53. The van der Waals surface area contributed by atoms with E-state index in [1.54, 1.807) is 6.07 Å². The molecule has 3 aromatic carbocycles. The molecule has 0 radical (unpaired) electrons. The van der Waals surface area contributed by atoms with Crippen molar-refractivity contribution in [3.05, 3.63) is 83.9 Å². The van der Waals surface area contributed by atoms with Gasteiger partial charge in [-0.3, -0.25) is 9.59 Å². The van der Waals surface area contributed by atoms with Crippen LogP contribution < -0.4 is 10.6 Å². The minimum absolute atomic E-state index is 0.605. The third-order valence-electron chi connectivity index (χ3n) is 4.03. The molecule has 3 aromatic rings. The maximum absolute atomic E-state index is 12.4. The van der Waals surface area contributed by atoms with Crippen LogP contribution in [0.25, 0.3) is 0 Å². The highest BCUT2D eigenvalue weighted by Gasteiger charge is 2.17. The molecule has 0 heterocycles. The van der Waals surface area contributed by atoms with Gasteiger partial charge in [0.2, 0.25) is 0 Å². The van der Waals surface area contributed by atoms with Crippen LogP contribution in [0.5, 0.6) is 0 Å². The molecule has 4 nitrogen and oxygen atoms in total. The molecule has 3 rings (SSSR count). The Kier molecular flexibility index (Phi) is 5.94. The number of aryl methyl sites for hydroxylation is 2. The van der Waals surface area contributed by atoms with Crippen LogP contribution in [0.2, 0.25) is 0 Å². The predicted molar refractivity (Wildman–Crippen MR) is 110 cm³/mol. The average Bonchev–Trinajstić information content (AvgIpc) is 2.67. The van der Waals surface area contributed by atoms with Gasteiger partial charge in [0.15, 0.2) is 0 Å². The third kappa shape index (κ3) is 4.77. The summed E-state index contributed by atoms with van der Waals surface area (Å²) in [5.74, 6) is -1.38. The molecule has 0 bridgehead atoms. The monoisotopic (exact) mass is 376 g/mol. The van der Waals surface area contributed by atoms with E-state index in [1.807, 2.05) is 80.6 Å². The van der Waals surface area contributed by atoms with Gasteiger partial charge in [0.25, 0.3) is 0 Å². The molecule has 0 aliphatic heterocycles. The lowest BCUT2D eigenvalue weighted by molar-refractivity contribution is -0.133. The lowest BCUT2D eigenvalue weighted by Gasteiger charge is -2.13. The maximum Gasteiger partial charge on any atom is 0.314 e. The second kappa shape index (κ2) is 8.56. The second-order valence-corrected chi connectivity index (χ2v) is 7.20. The van der Waals surface area contributed by atoms with E-state index >= 15 is 0 Å². The summed E-state index contributed by atoms with van der Waals surface area (Å²) in [6.45, 7) is 3.79. The van der Waals surface area contributed by atoms with Crippen molar-refractivity contribution in [1.29, 1.82) is 0 Å². The van der Waals surface area contributed by atoms with Gasteiger partial charge in [-0.1, -0.05) is 60.3 Å². The van der Waals surface area contributed by atoms with Gasteiger partial charge in [-0.15, -0.1) is 0 Å². The van der Waals surface area contributed by atoms with Gasteiger partial charge in [-0.25, -0.2) is 0 Å². The van der Waals surface area contributed by atoms with Crippen molar-refractivity contribution in [1.82, 2.24) is 0 Å². The fraction of sp³-hybridized carbons (Fsp3) is 0.0909. The van der Waals surface area contributed by atoms with Crippen molar-refractivity contribution in [3.63, 3.8) is 0 Å². The van der Waals surface area contributed by atoms with Gasteiger partial charge in [-0.2, -0.15) is 0 Å². The van der Waals surface area contributed by atoms with Gasteiger partial charge >= 0.3 is 11.8 Å². The molecule has 0 aliphatic carbocycles. The highest BCUT2D eigenvalue weighted by atomic mass is 32.2. The summed E-state index contributed by atoms with van der Waals surface area (Å²) < 4.78 is 0. The van der Waals surface area contributed by atoms with Crippen LogP contribution in [0.1, 0.15) is 11.1 Å². The first-order chi connectivity index (χ1) is 13.0. The molecule has 27 heavy (non-hydrogen) atoms. The van der Waals surface area contributed by atoms with Crippen LogP contribution >= 0.6 is 11.8 Å². The van der Waals surface area contributed by atoms with E-state index in [4.69, 9.17) is 0 Å². The van der Waals surface area contributed by atoms with Gasteiger partial charge in [0.05, 0.1) is 5.69 Å². The lowest BCUT2D eigenvalue weighted by atomic mass is 10.1. The number of anilines is 2. The van der Waals surface area contributed by atoms with Crippen LogP contribution in [0, 0.1) is 13.8 Å². The number of para-hydroxylation sites is 2. The van der Waals surface area contributed by atoms with Crippen molar-refractivity contribution >= 4 is 35.0 Å². The van der Waals surface area contributed by atoms with E-state index < -0.39 is 11.8 Å². The maximum atomic E-state index is 12.4. The van der Waals surface area contributed by atoms with Crippen LogP contribution in [0.15, 0.2) is 82.6 Å². The van der Waals surface area contributed by atoms with Crippen molar-refractivity contribution in [3.8, 4) is 0 Å². The summed E-state index contributed by atoms with van der Waals surface area (Å²) in [6.07, 6.45) is 0. The number of nitrogens with one attached hydrogen (secondary N) is 2. The topological polar surface area (TPSA) is 58.2 Å². The van der Waals surface area contributed by atoms with E-state index in [0.29, 0.717) is 11.4 Å². The molecule has 2 amide bonds. The van der Waals surface area contributed by atoms with Gasteiger partial charge in [0, 0.05) is 15.5 Å². The first-order valence-electron chi connectivity index (χ1n) is 8.55. The third-order valence-corrected chi connectivity index (χ3v) is 5.12. The fourth-order valence-corrected chi connectivity index (χ4v) is 3.56. The SMILES string of the molecule is Cc1cccc(C)c1NC(=O)C(=O)Nc1ccccc1Sc1ccccc1. The Morgan fingerprint density at radius 2 is 1.30 bits per heavy atom. The van der Waals surface area contributed by atoms with E-state index in [2.05, 4.69) is 10.6 Å². The van der Waals surface area contributed by atoms with Crippen LogP contribution in [-0.4, -0.2) is 11.8 Å². The molecule has 0 unspecified atom stereocenters. The second-order valence-electron chi connectivity index (χ2n) is 6.09. The Balaban J connectivity index is 1.73. The Labute approximate surface area is 163 Å². The van der Waals surface area contributed by atoms with E-state index in [1.165, 1.54) is 11.8 Å². The Morgan fingerprint density at radius 1 is 0.704 bits per heavy atom. The Morgan fingerprint density at radius 3 is 2.00 bits per heavy atom. The zero-order valence-corrected chi connectivity index (χ0v) is 16.0. The molecular formula is C22H20N2O2S. The Hall–Kier alpha value is -3.05. The largest absolute Gasteiger partial charge is 0.317 e. The normalized spacial score (nSPS) is 10.3. The number of rotatable bonds is 4. The lowest BCUT2D eigenvalue weighted by Crippen LogP contribution is -2.29. The number of carbonyl (C=O) groups is 2. The van der Waals surface area contributed by atoms with Crippen LogP contribution in [0.3, 0.4) is 0 Å².